The SMILES string of the molecule is C=CC.CC.CC(=N)OC1CCCC(C)C1. The van der Waals surface area contributed by atoms with Crippen LogP contribution in [0, 0.1) is 11.3 Å². The Bertz CT molecular complexity index is 178. The average molecular weight is 227 g/mol. The van der Waals surface area contributed by atoms with E-state index >= 15 is 0 Å². The molecule has 16 heavy (non-hydrogen) atoms. The molecule has 2 nitrogen and oxygen atoms in total. The Kier molecular flexibility index (Phi) is 13.5. The van der Waals surface area contributed by atoms with Crippen LogP contribution >= 0.6 is 0 Å². The van der Waals surface area contributed by atoms with Gasteiger partial charge in [-0.1, -0.05) is 33.3 Å². The Morgan fingerprint density at radius 3 is 2.25 bits per heavy atom. The number of hydrogen-bond acceptors (Lipinski definition) is 2. The molecule has 0 heterocycles. The Labute approximate surface area is 102 Å². The smallest absolute Gasteiger partial charge is 0.177 e. The van der Waals surface area contributed by atoms with E-state index in [0.29, 0.717) is 12.0 Å². The highest BCUT2D eigenvalue weighted by Gasteiger charge is 2.19. The first-order chi connectivity index (χ1) is 7.60. The van der Waals surface area contributed by atoms with Gasteiger partial charge in [0.05, 0.1) is 0 Å². The molecule has 2 unspecified atom stereocenters. The molecule has 1 saturated carbocycles. The molecule has 0 spiro atoms. The maximum Gasteiger partial charge on any atom is 0.177 e. The molecule has 2 atom stereocenters. The van der Waals surface area contributed by atoms with Gasteiger partial charge in [0.15, 0.2) is 5.90 Å². The molecule has 1 aliphatic rings. The van der Waals surface area contributed by atoms with Gasteiger partial charge in [-0.25, -0.2) is 0 Å². The van der Waals surface area contributed by atoms with E-state index in [1.165, 1.54) is 12.8 Å². The van der Waals surface area contributed by atoms with Crippen LogP contribution in [-0.4, -0.2) is 12.0 Å². The van der Waals surface area contributed by atoms with Crippen molar-refractivity contribution in [3.8, 4) is 0 Å². The zero-order valence-electron chi connectivity index (χ0n) is 11.7. The molecule has 0 aliphatic heterocycles. The largest absolute Gasteiger partial charge is 0.478 e. The molecule has 2 heteroatoms. The van der Waals surface area contributed by atoms with Crippen molar-refractivity contribution in [1.82, 2.24) is 0 Å². The molecular formula is C14H29NO. The second-order valence-electron chi connectivity index (χ2n) is 3.98. The van der Waals surface area contributed by atoms with Crippen LogP contribution in [0.2, 0.25) is 0 Å². The Morgan fingerprint density at radius 2 is 1.88 bits per heavy atom. The summed E-state index contributed by atoms with van der Waals surface area (Å²) >= 11 is 0. The van der Waals surface area contributed by atoms with E-state index < -0.39 is 0 Å². The Hall–Kier alpha value is -0.790. The number of nitrogens with one attached hydrogen (secondary N) is 1. The van der Waals surface area contributed by atoms with E-state index in [1.54, 1.807) is 13.0 Å². The van der Waals surface area contributed by atoms with Gasteiger partial charge in [0, 0.05) is 6.92 Å². The van der Waals surface area contributed by atoms with Gasteiger partial charge >= 0.3 is 0 Å². The first-order valence-corrected chi connectivity index (χ1v) is 6.39. The minimum absolute atomic E-state index is 0.330. The third-order valence-electron chi connectivity index (χ3n) is 2.23. The lowest BCUT2D eigenvalue weighted by Gasteiger charge is -2.26. The zero-order chi connectivity index (χ0) is 13.0. The zero-order valence-corrected chi connectivity index (χ0v) is 11.7. The van der Waals surface area contributed by atoms with E-state index in [-0.39, 0.29) is 0 Å². The molecule has 96 valence electrons. The van der Waals surface area contributed by atoms with Crippen molar-refractivity contribution in [3.63, 3.8) is 0 Å². The molecule has 1 fully saturated rings. The first kappa shape index (κ1) is 17.6. The number of allylic oxidation sites excluding steroid dienone is 1. The minimum atomic E-state index is 0.330. The molecule has 0 radical (unpaired) electrons. The maximum atomic E-state index is 7.17. The summed E-state index contributed by atoms with van der Waals surface area (Å²) in [6.07, 6.45) is 6.95. The third-order valence-corrected chi connectivity index (χ3v) is 2.23. The molecule has 0 bridgehead atoms. The van der Waals surface area contributed by atoms with Gasteiger partial charge in [-0.05, 0) is 32.1 Å². The van der Waals surface area contributed by atoms with Crippen LogP contribution in [-0.2, 0) is 4.74 Å². The summed E-state index contributed by atoms with van der Waals surface area (Å²) in [5, 5.41) is 7.17. The van der Waals surface area contributed by atoms with Crippen molar-refractivity contribution in [2.45, 2.75) is 66.4 Å². The molecule has 0 aromatic rings. The lowest BCUT2D eigenvalue weighted by atomic mass is 9.89. The van der Waals surface area contributed by atoms with Crippen molar-refractivity contribution in [2.75, 3.05) is 0 Å². The predicted octanol–water partition coefficient (Wildman–Crippen LogP) is 4.80. The first-order valence-electron chi connectivity index (χ1n) is 6.39. The highest BCUT2D eigenvalue weighted by Crippen LogP contribution is 2.25. The summed E-state index contributed by atoms with van der Waals surface area (Å²) in [7, 11) is 0. The monoisotopic (exact) mass is 227 g/mol. The van der Waals surface area contributed by atoms with Crippen LogP contribution < -0.4 is 0 Å². The molecule has 1 rings (SSSR count). The second-order valence-corrected chi connectivity index (χ2v) is 3.98. The van der Waals surface area contributed by atoms with Crippen molar-refractivity contribution in [2.24, 2.45) is 5.92 Å². The normalized spacial score (nSPS) is 22.8. The summed E-state index contributed by atoms with van der Waals surface area (Å²) in [6, 6.07) is 0. The van der Waals surface area contributed by atoms with Gasteiger partial charge in [0.2, 0.25) is 0 Å². The predicted molar refractivity (Wildman–Crippen MR) is 73.1 cm³/mol. The summed E-state index contributed by atoms with van der Waals surface area (Å²) in [6.45, 7) is 13.2. The van der Waals surface area contributed by atoms with Crippen LogP contribution in [0.5, 0.6) is 0 Å². The maximum absolute atomic E-state index is 7.17. The van der Waals surface area contributed by atoms with Crippen molar-refractivity contribution < 1.29 is 4.74 Å². The number of rotatable bonds is 1. The van der Waals surface area contributed by atoms with E-state index in [2.05, 4.69) is 13.5 Å². The van der Waals surface area contributed by atoms with Gasteiger partial charge in [0.25, 0.3) is 0 Å². The van der Waals surface area contributed by atoms with Crippen LogP contribution in [0.25, 0.3) is 0 Å². The third kappa shape index (κ3) is 11.3. The second kappa shape index (κ2) is 12.3. The van der Waals surface area contributed by atoms with Crippen molar-refractivity contribution in [1.29, 1.82) is 5.41 Å². The molecule has 1 N–H and O–H groups in total. The summed E-state index contributed by atoms with van der Waals surface area (Å²) in [5.74, 6) is 1.15. The standard InChI is InChI=1S/C9H17NO.C3H6.C2H6/c1-7-4-3-5-9(6-7)11-8(2)10;1-3-2;1-2/h7,9-10H,3-6H2,1-2H3;3H,1H2,2H3;1-2H3. The summed E-state index contributed by atoms with van der Waals surface area (Å²) in [4.78, 5) is 0. The summed E-state index contributed by atoms with van der Waals surface area (Å²) in [5.41, 5.74) is 0. The van der Waals surface area contributed by atoms with E-state index in [4.69, 9.17) is 10.1 Å². The van der Waals surface area contributed by atoms with Gasteiger partial charge in [0.1, 0.15) is 6.10 Å². The minimum Gasteiger partial charge on any atom is -0.478 e. The molecule has 0 amide bonds. The lowest BCUT2D eigenvalue weighted by molar-refractivity contribution is 0.116. The fourth-order valence-corrected chi connectivity index (χ4v) is 1.74. The van der Waals surface area contributed by atoms with Gasteiger partial charge in [-0.15, -0.1) is 6.58 Å². The molecule has 0 aromatic heterocycles. The number of ether oxygens (including phenoxy) is 1. The average Bonchev–Trinajstić information content (AvgIpc) is 2.21. The highest BCUT2D eigenvalue weighted by atomic mass is 16.5. The molecular weight excluding hydrogens is 198 g/mol. The molecule has 0 aromatic carbocycles. The lowest BCUT2D eigenvalue weighted by Crippen LogP contribution is -2.22. The van der Waals surface area contributed by atoms with Crippen LogP contribution in [0.15, 0.2) is 12.7 Å². The van der Waals surface area contributed by atoms with Crippen LogP contribution in [0.4, 0.5) is 0 Å². The quantitative estimate of drug-likeness (QED) is 0.390. The van der Waals surface area contributed by atoms with Gasteiger partial charge < -0.3 is 4.74 Å². The molecule has 0 saturated heterocycles. The Morgan fingerprint density at radius 1 is 1.38 bits per heavy atom. The van der Waals surface area contributed by atoms with Crippen molar-refractivity contribution >= 4 is 5.90 Å². The van der Waals surface area contributed by atoms with E-state index in [9.17, 15) is 0 Å². The van der Waals surface area contributed by atoms with Crippen molar-refractivity contribution in [3.05, 3.63) is 12.7 Å². The topological polar surface area (TPSA) is 33.1 Å². The Balaban J connectivity index is 0. The van der Waals surface area contributed by atoms with E-state index in [1.807, 2.05) is 20.8 Å². The van der Waals surface area contributed by atoms with Crippen LogP contribution in [0.3, 0.4) is 0 Å². The van der Waals surface area contributed by atoms with Gasteiger partial charge in [-0.2, -0.15) is 0 Å². The highest BCUT2D eigenvalue weighted by molar-refractivity contribution is 5.69. The van der Waals surface area contributed by atoms with Crippen LogP contribution in [0.1, 0.15) is 60.3 Å². The summed E-state index contributed by atoms with van der Waals surface area (Å²) < 4.78 is 5.34. The van der Waals surface area contributed by atoms with E-state index in [0.717, 1.165) is 18.8 Å². The fourth-order valence-electron chi connectivity index (χ4n) is 1.74. The molecule has 1 aliphatic carbocycles. The number of hydrogen-bond donors (Lipinski definition) is 1. The fraction of sp³-hybridized carbons (Fsp3) is 0.786. The van der Waals surface area contributed by atoms with Gasteiger partial charge in [-0.3, -0.25) is 5.41 Å².